The smallest absolute Gasteiger partial charge is 0.348 e. The summed E-state index contributed by atoms with van der Waals surface area (Å²) >= 11 is 0. The van der Waals surface area contributed by atoms with Crippen LogP contribution in [0, 0.1) is 5.82 Å². The summed E-state index contributed by atoms with van der Waals surface area (Å²) in [5.41, 5.74) is 0.797. The van der Waals surface area contributed by atoms with Crippen LogP contribution in [0.2, 0.25) is 0 Å². The van der Waals surface area contributed by atoms with Gasteiger partial charge in [0.05, 0.1) is 5.39 Å². The number of rotatable bonds is 0. The van der Waals surface area contributed by atoms with Gasteiger partial charge in [-0.15, -0.1) is 0 Å². The Kier molecular flexibility index (Phi) is 1.87. The van der Waals surface area contributed by atoms with Gasteiger partial charge in [0.1, 0.15) is 22.4 Å². The van der Waals surface area contributed by atoms with Crippen LogP contribution >= 0.6 is 0 Å². The molecule has 4 heteroatoms. The lowest BCUT2D eigenvalue weighted by molar-refractivity contribution is 0.564. The SMILES string of the molecule is O=c1oc2ccc(F)cc2c2oc3ccccc3c12. The third kappa shape index (κ3) is 1.34. The first-order valence-electron chi connectivity index (χ1n) is 5.77. The van der Waals surface area contributed by atoms with Gasteiger partial charge >= 0.3 is 5.63 Å². The molecule has 0 saturated carbocycles. The molecule has 92 valence electrons. The second kappa shape index (κ2) is 3.45. The molecule has 2 aromatic heterocycles. The van der Waals surface area contributed by atoms with E-state index in [0.29, 0.717) is 32.9 Å². The highest BCUT2D eigenvalue weighted by Crippen LogP contribution is 2.31. The van der Waals surface area contributed by atoms with Crippen molar-refractivity contribution < 1.29 is 13.2 Å². The third-order valence-corrected chi connectivity index (χ3v) is 3.19. The Hall–Kier alpha value is -2.62. The van der Waals surface area contributed by atoms with Crippen LogP contribution in [0.5, 0.6) is 0 Å². The van der Waals surface area contributed by atoms with Crippen LogP contribution in [0.3, 0.4) is 0 Å². The Morgan fingerprint density at radius 1 is 0.895 bits per heavy atom. The Bertz CT molecular complexity index is 995. The Morgan fingerprint density at radius 2 is 1.68 bits per heavy atom. The molecule has 0 aliphatic carbocycles. The van der Waals surface area contributed by atoms with E-state index in [9.17, 15) is 9.18 Å². The van der Waals surface area contributed by atoms with Gasteiger partial charge in [-0.3, -0.25) is 0 Å². The first-order chi connectivity index (χ1) is 9.24. The molecule has 0 spiro atoms. The van der Waals surface area contributed by atoms with Crippen LogP contribution < -0.4 is 5.63 Å². The molecule has 0 bridgehead atoms. The molecule has 4 aromatic rings. The highest BCUT2D eigenvalue weighted by molar-refractivity contribution is 6.12. The molecule has 0 atom stereocenters. The quantitative estimate of drug-likeness (QED) is 0.448. The van der Waals surface area contributed by atoms with E-state index < -0.39 is 11.4 Å². The predicted octanol–water partition coefficient (Wildman–Crippen LogP) is 3.83. The highest BCUT2D eigenvalue weighted by atomic mass is 19.1. The number of furan rings is 1. The number of fused-ring (bicyclic) bond motifs is 5. The lowest BCUT2D eigenvalue weighted by Gasteiger charge is -1.97. The summed E-state index contributed by atoms with van der Waals surface area (Å²) in [7, 11) is 0. The van der Waals surface area contributed by atoms with Crippen LogP contribution in [0.25, 0.3) is 32.9 Å². The third-order valence-electron chi connectivity index (χ3n) is 3.19. The van der Waals surface area contributed by atoms with Crippen molar-refractivity contribution in [2.75, 3.05) is 0 Å². The summed E-state index contributed by atoms with van der Waals surface area (Å²) in [4.78, 5) is 12.0. The first kappa shape index (κ1) is 10.3. The molecule has 0 unspecified atom stereocenters. The van der Waals surface area contributed by atoms with E-state index in [4.69, 9.17) is 8.83 Å². The molecule has 0 aliphatic rings. The minimum absolute atomic E-state index is 0.318. The van der Waals surface area contributed by atoms with E-state index in [1.54, 1.807) is 12.1 Å². The van der Waals surface area contributed by atoms with Crippen molar-refractivity contribution in [3.8, 4) is 0 Å². The van der Waals surface area contributed by atoms with E-state index in [1.807, 2.05) is 12.1 Å². The molecule has 0 amide bonds. The monoisotopic (exact) mass is 254 g/mol. The summed E-state index contributed by atoms with van der Waals surface area (Å²) in [5.74, 6) is -0.400. The van der Waals surface area contributed by atoms with Crippen LogP contribution in [0.4, 0.5) is 4.39 Å². The van der Waals surface area contributed by atoms with E-state index in [2.05, 4.69) is 0 Å². The minimum atomic E-state index is -0.473. The fraction of sp³-hybridized carbons (Fsp3) is 0. The molecule has 3 nitrogen and oxygen atoms in total. The van der Waals surface area contributed by atoms with Gasteiger partial charge in [-0.25, -0.2) is 9.18 Å². The van der Waals surface area contributed by atoms with Gasteiger partial charge < -0.3 is 8.83 Å². The maximum Gasteiger partial charge on any atom is 0.348 e. The molecule has 0 saturated heterocycles. The average molecular weight is 254 g/mol. The van der Waals surface area contributed by atoms with Crippen molar-refractivity contribution in [3.05, 3.63) is 58.7 Å². The molecule has 19 heavy (non-hydrogen) atoms. The molecule has 4 rings (SSSR count). The summed E-state index contributed by atoms with van der Waals surface area (Å²) in [6, 6.07) is 11.2. The van der Waals surface area contributed by atoms with Crippen molar-refractivity contribution in [1.29, 1.82) is 0 Å². The fourth-order valence-corrected chi connectivity index (χ4v) is 2.36. The van der Waals surface area contributed by atoms with Crippen molar-refractivity contribution in [2.45, 2.75) is 0 Å². The van der Waals surface area contributed by atoms with Gasteiger partial charge in [0, 0.05) is 5.39 Å². The van der Waals surface area contributed by atoms with Crippen LogP contribution in [0.15, 0.2) is 56.1 Å². The number of para-hydroxylation sites is 1. The van der Waals surface area contributed by atoms with Crippen molar-refractivity contribution >= 4 is 32.9 Å². The zero-order valence-electron chi connectivity index (χ0n) is 9.64. The van der Waals surface area contributed by atoms with Crippen LogP contribution in [0.1, 0.15) is 0 Å². The Morgan fingerprint density at radius 3 is 2.58 bits per heavy atom. The fourth-order valence-electron chi connectivity index (χ4n) is 2.36. The van der Waals surface area contributed by atoms with Gasteiger partial charge in [0.25, 0.3) is 0 Å². The van der Waals surface area contributed by atoms with Gasteiger partial charge in [-0.05, 0) is 24.3 Å². The van der Waals surface area contributed by atoms with Crippen LogP contribution in [-0.2, 0) is 0 Å². The minimum Gasteiger partial charge on any atom is -0.455 e. The lowest BCUT2D eigenvalue weighted by atomic mass is 10.1. The highest BCUT2D eigenvalue weighted by Gasteiger charge is 2.15. The summed E-state index contributed by atoms with van der Waals surface area (Å²) in [6.07, 6.45) is 0. The van der Waals surface area contributed by atoms with Crippen molar-refractivity contribution in [1.82, 2.24) is 0 Å². The molecule has 0 radical (unpaired) electrons. The molecular formula is C15H7FO3. The molecule has 0 aliphatic heterocycles. The average Bonchev–Trinajstić information content (AvgIpc) is 2.80. The van der Waals surface area contributed by atoms with Gasteiger partial charge in [-0.2, -0.15) is 0 Å². The molecule has 0 fully saturated rings. The molecule has 0 N–H and O–H groups in total. The summed E-state index contributed by atoms with van der Waals surface area (Å²) < 4.78 is 24.2. The van der Waals surface area contributed by atoms with Gasteiger partial charge in [-0.1, -0.05) is 18.2 Å². The number of hydrogen-bond donors (Lipinski definition) is 0. The van der Waals surface area contributed by atoms with E-state index in [-0.39, 0.29) is 0 Å². The summed E-state index contributed by atoms with van der Waals surface area (Å²) in [6.45, 7) is 0. The zero-order chi connectivity index (χ0) is 13.0. The number of halogens is 1. The predicted molar refractivity (Wildman–Crippen MR) is 69.7 cm³/mol. The number of hydrogen-bond acceptors (Lipinski definition) is 3. The second-order valence-corrected chi connectivity index (χ2v) is 4.33. The van der Waals surface area contributed by atoms with E-state index in [1.165, 1.54) is 18.2 Å². The molecular weight excluding hydrogens is 247 g/mol. The van der Waals surface area contributed by atoms with Crippen molar-refractivity contribution in [3.63, 3.8) is 0 Å². The van der Waals surface area contributed by atoms with E-state index >= 15 is 0 Å². The largest absolute Gasteiger partial charge is 0.455 e. The van der Waals surface area contributed by atoms with Gasteiger partial charge in [0.15, 0.2) is 5.58 Å². The van der Waals surface area contributed by atoms with Crippen molar-refractivity contribution in [2.24, 2.45) is 0 Å². The summed E-state index contributed by atoms with van der Waals surface area (Å²) in [5, 5.41) is 1.50. The zero-order valence-corrected chi connectivity index (χ0v) is 9.64. The molecule has 2 aromatic carbocycles. The first-order valence-corrected chi connectivity index (χ1v) is 5.77. The topological polar surface area (TPSA) is 43.4 Å². The lowest BCUT2D eigenvalue weighted by Crippen LogP contribution is -1.98. The Balaban J connectivity index is 2.39. The maximum absolute atomic E-state index is 13.4. The Labute approximate surface area is 105 Å². The number of benzene rings is 2. The second-order valence-electron chi connectivity index (χ2n) is 4.33. The van der Waals surface area contributed by atoms with E-state index in [0.717, 1.165) is 0 Å². The van der Waals surface area contributed by atoms with Gasteiger partial charge in [0.2, 0.25) is 0 Å². The van der Waals surface area contributed by atoms with Crippen LogP contribution in [-0.4, -0.2) is 0 Å². The normalized spacial score (nSPS) is 11.6. The standard InChI is InChI=1S/C15H7FO3/c16-8-5-6-12-10(7-8)14-13(15(17)19-12)9-3-1-2-4-11(9)18-14/h1-7H. The maximum atomic E-state index is 13.4. The molecule has 2 heterocycles.